The van der Waals surface area contributed by atoms with Gasteiger partial charge in [0.25, 0.3) is 0 Å². The minimum absolute atomic E-state index is 0.0666. The molecule has 7 heteroatoms. The largest absolute Gasteiger partial charge is 0.493 e. The molecule has 0 unspecified atom stereocenters. The molecule has 2 saturated carbocycles. The Kier molecular flexibility index (Phi) is 5.16. The molecule has 1 aromatic carbocycles. The second-order valence-electron chi connectivity index (χ2n) is 8.80. The molecule has 0 aliphatic heterocycles. The van der Waals surface area contributed by atoms with Crippen LogP contribution >= 0.6 is 0 Å². The standard InChI is InChI=1S/C23H27NO6/c1-12(25)29-21-11-17-15(10-20(21)28-4)14-7-8-23(3)18(16(14)9-19(17)27)5-6-22(23)24-30-13(2)26/h10-11,14,16,18H,5-9H2,1-4H3/t14-,16-,18+,23+/m1/s1. The van der Waals surface area contributed by atoms with E-state index in [0.717, 1.165) is 37.0 Å². The quantitative estimate of drug-likeness (QED) is 0.321. The Balaban J connectivity index is 1.69. The predicted octanol–water partition coefficient (Wildman–Crippen LogP) is 4.04. The molecule has 0 spiro atoms. The monoisotopic (exact) mass is 413 g/mol. The van der Waals surface area contributed by atoms with E-state index in [9.17, 15) is 14.4 Å². The highest BCUT2D eigenvalue weighted by molar-refractivity contribution is 6.00. The number of rotatable bonds is 3. The van der Waals surface area contributed by atoms with Gasteiger partial charge in [-0.1, -0.05) is 12.1 Å². The molecule has 7 nitrogen and oxygen atoms in total. The average molecular weight is 413 g/mol. The fourth-order valence-electron chi connectivity index (χ4n) is 5.86. The van der Waals surface area contributed by atoms with E-state index >= 15 is 0 Å². The van der Waals surface area contributed by atoms with Crippen LogP contribution in [-0.4, -0.2) is 30.5 Å². The van der Waals surface area contributed by atoms with Crippen molar-refractivity contribution in [3.8, 4) is 11.5 Å². The Morgan fingerprint density at radius 3 is 2.57 bits per heavy atom. The van der Waals surface area contributed by atoms with Crippen molar-refractivity contribution < 1.29 is 28.7 Å². The third kappa shape index (κ3) is 3.30. The molecule has 0 heterocycles. The zero-order valence-corrected chi connectivity index (χ0v) is 17.8. The number of ketones is 1. The smallest absolute Gasteiger partial charge is 0.331 e. The molecule has 0 saturated heterocycles. The predicted molar refractivity (Wildman–Crippen MR) is 109 cm³/mol. The molecule has 0 aromatic heterocycles. The van der Waals surface area contributed by atoms with Crippen LogP contribution in [0.5, 0.6) is 11.5 Å². The molecular formula is C23H27NO6. The van der Waals surface area contributed by atoms with E-state index in [1.807, 2.05) is 6.07 Å². The summed E-state index contributed by atoms with van der Waals surface area (Å²) in [6.07, 6.45) is 4.01. The first kappa shape index (κ1) is 20.6. The van der Waals surface area contributed by atoms with Crippen LogP contribution in [0.15, 0.2) is 17.3 Å². The number of hydrogen-bond acceptors (Lipinski definition) is 7. The van der Waals surface area contributed by atoms with Gasteiger partial charge in [-0.05, 0) is 61.1 Å². The fraction of sp³-hybridized carbons (Fsp3) is 0.565. The number of fused-ring (bicyclic) bond motifs is 5. The third-order valence-electron chi connectivity index (χ3n) is 7.17. The van der Waals surface area contributed by atoms with Crippen molar-refractivity contribution in [3.63, 3.8) is 0 Å². The van der Waals surface area contributed by atoms with Crippen molar-refractivity contribution in [2.75, 3.05) is 7.11 Å². The van der Waals surface area contributed by atoms with E-state index < -0.39 is 11.9 Å². The number of ether oxygens (including phenoxy) is 2. The van der Waals surface area contributed by atoms with Gasteiger partial charge in [0.05, 0.1) is 12.8 Å². The lowest BCUT2D eigenvalue weighted by atomic mass is 9.55. The number of benzene rings is 1. The van der Waals surface area contributed by atoms with E-state index in [1.54, 1.807) is 6.07 Å². The number of Topliss-reactive ketones (excluding diaryl/α,β-unsaturated/α-hetero) is 1. The number of carbonyl (C=O) groups excluding carboxylic acids is 3. The van der Waals surface area contributed by atoms with E-state index in [0.29, 0.717) is 23.7 Å². The van der Waals surface area contributed by atoms with Gasteiger partial charge < -0.3 is 14.3 Å². The van der Waals surface area contributed by atoms with Gasteiger partial charge in [-0.25, -0.2) is 4.79 Å². The maximum atomic E-state index is 13.1. The van der Waals surface area contributed by atoms with Gasteiger partial charge in [-0.3, -0.25) is 9.59 Å². The van der Waals surface area contributed by atoms with Gasteiger partial charge in [-0.15, -0.1) is 0 Å². The van der Waals surface area contributed by atoms with Crippen molar-refractivity contribution in [1.29, 1.82) is 0 Å². The van der Waals surface area contributed by atoms with Gasteiger partial charge in [0.15, 0.2) is 17.3 Å². The highest BCUT2D eigenvalue weighted by atomic mass is 16.7. The SMILES string of the molecule is COc1cc2c(cc1OC(C)=O)C(=O)C[C@@H]1[C@@H]2CC[C@]2(C)C(=NOC(C)=O)CC[C@@H]12. The van der Waals surface area contributed by atoms with Crippen LogP contribution in [0.3, 0.4) is 0 Å². The summed E-state index contributed by atoms with van der Waals surface area (Å²) in [6.45, 7) is 4.87. The summed E-state index contributed by atoms with van der Waals surface area (Å²) in [5.41, 5.74) is 2.39. The number of esters is 1. The molecule has 3 aliphatic rings. The third-order valence-corrected chi connectivity index (χ3v) is 7.17. The second kappa shape index (κ2) is 7.52. The van der Waals surface area contributed by atoms with E-state index in [4.69, 9.17) is 14.3 Å². The number of carbonyl (C=O) groups is 3. The zero-order valence-electron chi connectivity index (χ0n) is 17.8. The summed E-state index contributed by atoms with van der Waals surface area (Å²) in [4.78, 5) is 40.7. The minimum atomic E-state index is -0.451. The molecule has 2 fully saturated rings. The van der Waals surface area contributed by atoms with Gasteiger partial charge in [0.2, 0.25) is 0 Å². The molecule has 4 atom stereocenters. The lowest BCUT2D eigenvalue weighted by Gasteiger charge is -2.48. The maximum Gasteiger partial charge on any atom is 0.331 e. The number of methoxy groups -OCH3 is 1. The zero-order chi connectivity index (χ0) is 21.6. The molecular weight excluding hydrogens is 386 g/mol. The summed E-state index contributed by atoms with van der Waals surface area (Å²) in [5, 5.41) is 4.16. The highest BCUT2D eigenvalue weighted by Gasteiger charge is 2.55. The van der Waals surface area contributed by atoms with Crippen LogP contribution in [-0.2, 0) is 14.4 Å². The van der Waals surface area contributed by atoms with Gasteiger partial charge in [0.1, 0.15) is 0 Å². The molecule has 0 bridgehead atoms. The molecule has 160 valence electrons. The summed E-state index contributed by atoms with van der Waals surface area (Å²) in [7, 11) is 1.53. The van der Waals surface area contributed by atoms with E-state index in [-0.39, 0.29) is 28.8 Å². The first-order valence-corrected chi connectivity index (χ1v) is 10.4. The second-order valence-corrected chi connectivity index (χ2v) is 8.80. The normalized spacial score (nSPS) is 30.9. The summed E-state index contributed by atoms with van der Waals surface area (Å²) >= 11 is 0. The van der Waals surface area contributed by atoms with Crippen LogP contribution < -0.4 is 9.47 Å². The Labute approximate surface area is 175 Å². The summed E-state index contributed by atoms with van der Waals surface area (Å²) in [5.74, 6) is 0.706. The van der Waals surface area contributed by atoms with Crippen LogP contribution in [0.4, 0.5) is 0 Å². The molecule has 0 radical (unpaired) electrons. The number of oxime groups is 1. The molecule has 30 heavy (non-hydrogen) atoms. The van der Waals surface area contributed by atoms with Gasteiger partial charge >= 0.3 is 11.9 Å². The molecule has 3 aliphatic carbocycles. The Bertz CT molecular complexity index is 951. The fourth-order valence-corrected chi connectivity index (χ4v) is 5.86. The lowest BCUT2D eigenvalue weighted by Crippen LogP contribution is -2.43. The average Bonchev–Trinajstić information content (AvgIpc) is 3.02. The van der Waals surface area contributed by atoms with Gasteiger partial charge in [0, 0.05) is 31.2 Å². The van der Waals surface area contributed by atoms with E-state index in [1.165, 1.54) is 21.0 Å². The van der Waals surface area contributed by atoms with Crippen molar-refractivity contribution in [3.05, 3.63) is 23.3 Å². The summed E-state index contributed by atoms with van der Waals surface area (Å²) < 4.78 is 10.7. The Hall–Kier alpha value is -2.70. The number of nitrogens with zero attached hydrogens (tertiary/aromatic N) is 1. The van der Waals surface area contributed by atoms with Crippen LogP contribution in [0, 0.1) is 17.3 Å². The molecule has 1 aromatic rings. The van der Waals surface area contributed by atoms with Gasteiger partial charge in [-0.2, -0.15) is 0 Å². The molecule has 0 N–H and O–H groups in total. The van der Waals surface area contributed by atoms with Crippen LogP contribution in [0.2, 0.25) is 0 Å². The lowest BCUT2D eigenvalue weighted by molar-refractivity contribution is -0.141. The van der Waals surface area contributed by atoms with Crippen LogP contribution in [0.1, 0.15) is 74.7 Å². The topological polar surface area (TPSA) is 91.3 Å². The highest BCUT2D eigenvalue weighted by Crippen LogP contribution is 2.60. The van der Waals surface area contributed by atoms with Crippen LogP contribution in [0.25, 0.3) is 0 Å². The van der Waals surface area contributed by atoms with Crippen molar-refractivity contribution in [2.45, 2.75) is 58.8 Å². The van der Waals surface area contributed by atoms with E-state index in [2.05, 4.69) is 12.1 Å². The summed E-state index contributed by atoms with van der Waals surface area (Å²) in [6, 6.07) is 3.53. The number of hydrogen-bond donors (Lipinski definition) is 0. The Morgan fingerprint density at radius 1 is 1.13 bits per heavy atom. The Morgan fingerprint density at radius 2 is 1.90 bits per heavy atom. The molecule has 4 rings (SSSR count). The first-order chi connectivity index (χ1) is 14.2. The first-order valence-electron chi connectivity index (χ1n) is 10.4. The van der Waals surface area contributed by atoms with Crippen molar-refractivity contribution >= 4 is 23.4 Å². The maximum absolute atomic E-state index is 13.1. The minimum Gasteiger partial charge on any atom is -0.493 e. The van der Waals surface area contributed by atoms with Crippen molar-refractivity contribution in [2.24, 2.45) is 22.4 Å². The molecule has 0 amide bonds. The van der Waals surface area contributed by atoms with Crippen molar-refractivity contribution in [1.82, 2.24) is 0 Å².